The van der Waals surface area contributed by atoms with E-state index in [2.05, 4.69) is 129 Å². The van der Waals surface area contributed by atoms with Gasteiger partial charge in [-0.1, -0.05) is 70.5 Å². The number of nitrogens with zero attached hydrogens (tertiary/aromatic N) is 2. The van der Waals surface area contributed by atoms with Crippen LogP contribution in [0.15, 0.2) is 99.9 Å². The van der Waals surface area contributed by atoms with Crippen molar-refractivity contribution in [1.82, 2.24) is 0 Å². The van der Waals surface area contributed by atoms with Gasteiger partial charge in [-0.05, 0) is 71.7 Å². The summed E-state index contributed by atoms with van der Waals surface area (Å²) in [6.45, 7) is 6.90. The second-order valence-electron chi connectivity index (χ2n) is 9.46. The summed E-state index contributed by atoms with van der Waals surface area (Å²) < 4.78 is 8.17. The number of benzene rings is 4. The zero-order chi connectivity index (χ0) is 26.9. The molecular formula is C32H30Br2N2O2. The second kappa shape index (κ2) is 11.0. The van der Waals surface area contributed by atoms with Gasteiger partial charge in [0.1, 0.15) is 0 Å². The fourth-order valence-electron chi connectivity index (χ4n) is 5.32. The van der Waals surface area contributed by atoms with Gasteiger partial charge >= 0.3 is 5.97 Å². The van der Waals surface area contributed by atoms with Crippen LogP contribution in [0.5, 0.6) is 0 Å². The van der Waals surface area contributed by atoms with Crippen molar-refractivity contribution in [3.05, 3.63) is 128 Å². The third-order valence-corrected chi connectivity index (χ3v) is 8.56. The van der Waals surface area contributed by atoms with E-state index in [1.54, 1.807) is 0 Å². The molecule has 0 fully saturated rings. The molecule has 0 aliphatic carbocycles. The average molecular weight is 634 g/mol. The molecule has 1 heterocycles. The number of anilines is 2. The van der Waals surface area contributed by atoms with Gasteiger partial charge in [-0.2, -0.15) is 0 Å². The Morgan fingerprint density at radius 3 is 2.13 bits per heavy atom. The molecule has 0 bridgehead atoms. The van der Waals surface area contributed by atoms with E-state index >= 15 is 0 Å². The van der Waals surface area contributed by atoms with Gasteiger partial charge in [0.05, 0.1) is 11.3 Å². The SMILES string of the molecule is CCN(CC)c1ccc(C2(c3ccc(N(C)Cc4ccccc4)cc3)OC(=O)c3cccc(Br)c32)cc1Br. The molecule has 194 valence electrons. The molecule has 1 aliphatic heterocycles. The van der Waals surface area contributed by atoms with Gasteiger partial charge in [-0.3, -0.25) is 0 Å². The van der Waals surface area contributed by atoms with Crippen molar-refractivity contribution in [2.45, 2.75) is 26.0 Å². The number of carbonyl (C=O) groups excluding carboxylic acids is 1. The molecule has 0 radical (unpaired) electrons. The van der Waals surface area contributed by atoms with Gasteiger partial charge in [0.25, 0.3) is 0 Å². The monoisotopic (exact) mass is 632 g/mol. The first-order valence-corrected chi connectivity index (χ1v) is 14.4. The summed E-state index contributed by atoms with van der Waals surface area (Å²) in [5.41, 5.74) is 5.57. The van der Waals surface area contributed by atoms with E-state index < -0.39 is 5.60 Å². The molecule has 0 saturated carbocycles. The van der Waals surface area contributed by atoms with Crippen LogP contribution in [-0.2, 0) is 16.9 Å². The fraction of sp³-hybridized carbons (Fsp3) is 0.219. The maximum Gasteiger partial charge on any atom is 0.340 e. The number of halogens is 2. The summed E-state index contributed by atoms with van der Waals surface area (Å²) in [5.74, 6) is -0.324. The molecule has 38 heavy (non-hydrogen) atoms. The number of hydrogen-bond donors (Lipinski definition) is 0. The van der Waals surface area contributed by atoms with E-state index in [1.807, 2.05) is 24.3 Å². The lowest BCUT2D eigenvalue weighted by atomic mass is 9.79. The zero-order valence-corrected chi connectivity index (χ0v) is 24.9. The minimum atomic E-state index is -1.08. The van der Waals surface area contributed by atoms with Crippen LogP contribution >= 0.6 is 31.9 Å². The van der Waals surface area contributed by atoms with Crippen LogP contribution in [0.2, 0.25) is 0 Å². The Kier molecular flexibility index (Phi) is 7.64. The maximum atomic E-state index is 13.2. The van der Waals surface area contributed by atoms with Gasteiger partial charge < -0.3 is 14.5 Å². The fourth-order valence-corrected chi connectivity index (χ4v) is 6.59. The summed E-state index contributed by atoms with van der Waals surface area (Å²) in [6.07, 6.45) is 0. The molecule has 4 aromatic rings. The summed E-state index contributed by atoms with van der Waals surface area (Å²) in [5, 5.41) is 0. The lowest BCUT2D eigenvalue weighted by molar-refractivity contribution is 0.0250. The van der Waals surface area contributed by atoms with E-state index in [-0.39, 0.29) is 5.97 Å². The van der Waals surface area contributed by atoms with E-state index in [4.69, 9.17) is 4.74 Å². The number of hydrogen-bond acceptors (Lipinski definition) is 4. The van der Waals surface area contributed by atoms with Crippen molar-refractivity contribution in [3.8, 4) is 0 Å². The van der Waals surface area contributed by atoms with Crippen LogP contribution in [-0.4, -0.2) is 26.1 Å². The Balaban J connectivity index is 1.61. The Hall–Kier alpha value is -3.09. The number of ether oxygens (including phenoxy) is 1. The number of fused-ring (bicyclic) bond motifs is 1. The first-order valence-electron chi connectivity index (χ1n) is 12.8. The van der Waals surface area contributed by atoms with Crippen LogP contribution < -0.4 is 9.80 Å². The van der Waals surface area contributed by atoms with Gasteiger partial charge in [0, 0.05) is 58.0 Å². The normalized spacial score (nSPS) is 16.2. The molecule has 0 saturated heterocycles. The van der Waals surface area contributed by atoms with E-state index in [0.717, 1.165) is 56.6 Å². The Morgan fingerprint density at radius 1 is 0.789 bits per heavy atom. The van der Waals surface area contributed by atoms with E-state index in [0.29, 0.717) is 5.56 Å². The van der Waals surface area contributed by atoms with Crippen molar-refractivity contribution < 1.29 is 9.53 Å². The topological polar surface area (TPSA) is 32.8 Å². The van der Waals surface area contributed by atoms with Crippen molar-refractivity contribution in [2.24, 2.45) is 0 Å². The summed E-state index contributed by atoms with van der Waals surface area (Å²) in [7, 11) is 2.09. The Morgan fingerprint density at radius 2 is 1.47 bits per heavy atom. The van der Waals surface area contributed by atoms with Gasteiger partial charge in [-0.15, -0.1) is 0 Å². The molecule has 0 aromatic heterocycles. The molecule has 5 rings (SSSR count). The first kappa shape index (κ1) is 26.5. The summed E-state index contributed by atoms with van der Waals surface area (Å²) >= 11 is 7.55. The molecule has 4 nitrogen and oxygen atoms in total. The van der Waals surface area contributed by atoms with Crippen molar-refractivity contribution in [3.63, 3.8) is 0 Å². The first-order chi connectivity index (χ1) is 18.4. The minimum Gasteiger partial charge on any atom is -0.441 e. The molecule has 1 unspecified atom stereocenters. The Labute approximate surface area is 241 Å². The number of rotatable bonds is 8. The molecule has 1 aliphatic rings. The standard InChI is InChI=1S/C32H30Br2N2O2/c1-4-36(5-2)29-19-16-24(20-28(29)34)32(30-26(31(37)38-32)12-9-13-27(30)33)23-14-17-25(18-15-23)35(3)21-22-10-7-6-8-11-22/h6-20H,4-5,21H2,1-3H3. The average Bonchev–Trinajstić information content (AvgIpc) is 3.25. The number of esters is 1. The van der Waals surface area contributed by atoms with Gasteiger partial charge in [0.2, 0.25) is 0 Å². The highest BCUT2D eigenvalue weighted by Crippen LogP contribution is 2.51. The summed E-state index contributed by atoms with van der Waals surface area (Å²) in [4.78, 5) is 17.7. The predicted molar refractivity (Wildman–Crippen MR) is 162 cm³/mol. The highest BCUT2D eigenvalue weighted by atomic mass is 79.9. The summed E-state index contributed by atoms with van der Waals surface area (Å²) in [6, 6.07) is 30.7. The highest BCUT2D eigenvalue weighted by molar-refractivity contribution is 9.11. The third-order valence-electron chi connectivity index (χ3n) is 7.27. The number of cyclic esters (lactones) is 1. The van der Waals surface area contributed by atoms with Crippen LogP contribution in [0.1, 0.15) is 46.5 Å². The van der Waals surface area contributed by atoms with Crippen molar-refractivity contribution in [2.75, 3.05) is 29.9 Å². The number of carbonyl (C=O) groups is 1. The quantitative estimate of drug-likeness (QED) is 0.183. The van der Waals surface area contributed by atoms with Crippen molar-refractivity contribution >= 4 is 49.2 Å². The second-order valence-corrected chi connectivity index (χ2v) is 11.2. The zero-order valence-electron chi connectivity index (χ0n) is 21.7. The molecule has 1 atom stereocenters. The smallest absolute Gasteiger partial charge is 0.340 e. The lowest BCUT2D eigenvalue weighted by Gasteiger charge is -2.32. The maximum absolute atomic E-state index is 13.2. The van der Waals surface area contributed by atoms with Crippen LogP contribution in [0.3, 0.4) is 0 Å². The predicted octanol–water partition coefficient (Wildman–Crippen LogP) is 8.16. The molecule has 4 aromatic carbocycles. The van der Waals surface area contributed by atoms with Crippen LogP contribution in [0, 0.1) is 0 Å². The Bertz CT molecular complexity index is 1450. The lowest BCUT2D eigenvalue weighted by Crippen LogP contribution is -2.30. The van der Waals surface area contributed by atoms with Crippen molar-refractivity contribution in [1.29, 1.82) is 0 Å². The molecule has 0 amide bonds. The third kappa shape index (κ3) is 4.65. The minimum absolute atomic E-state index is 0.324. The highest BCUT2D eigenvalue weighted by Gasteiger charge is 2.50. The van der Waals surface area contributed by atoms with Gasteiger partial charge in [0.15, 0.2) is 5.60 Å². The largest absolute Gasteiger partial charge is 0.441 e. The molecule has 0 N–H and O–H groups in total. The van der Waals surface area contributed by atoms with Gasteiger partial charge in [-0.25, -0.2) is 4.79 Å². The van der Waals surface area contributed by atoms with Crippen LogP contribution in [0.4, 0.5) is 11.4 Å². The van der Waals surface area contributed by atoms with E-state index in [1.165, 1.54) is 5.56 Å². The molecule has 0 spiro atoms. The van der Waals surface area contributed by atoms with Crippen LogP contribution in [0.25, 0.3) is 0 Å². The molecular weight excluding hydrogens is 604 g/mol. The molecule has 6 heteroatoms. The van der Waals surface area contributed by atoms with E-state index in [9.17, 15) is 4.79 Å².